The first kappa shape index (κ1) is 18.6. The van der Waals surface area contributed by atoms with Crippen molar-refractivity contribution in [2.24, 2.45) is 0 Å². The predicted molar refractivity (Wildman–Crippen MR) is 95.4 cm³/mol. The molecule has 5 heteroatoms. The first-order valence-corrected chi connectivity index (χ1v) is 8.46. The summed E-state index contributed by atoms with van der Waals surface area (Å²) in [5.41, 5.74) is 1.75. The van der Waals surface area contributed by atoms with E-state index in [1.165, 1.54) is 12.1 Å². The van der Waals surface area contributed by atoms with Crippen molar-refractivity contribution < 1.29 is 13.9 Å². The van der Waals surface area contributed by atoms with Crippen molar-refractivity contribution in [2.45, 2.75) is 32.9 Å². The zero-order valence-electron chi connectivity index (χ0n) is 14.1. The second kappa shape index (κ2) is 9.50. The second-order valence-electron chi connectivity index (χ2n) is 5.50. The molecule has 2 rings (SSSR count). The van der Waals surface area contributed by atoms with Gasteiger partial charge < -0.3 is 14.8 Å². The SMILES string of the molecule is CCCCNCc1cccc(OC)c1OCc1ccc(F)cc1Cl. The lowest BCUT2D eigenvalue weighted by atomic mass is 10.1. The molecule has 0 heterocycles. The second-order valence-corrected chi connectivity index (χ2v) is 5.91. The van der Waals surface area contributed by atoms with E-state index in [9.17, 15) is 4.39 Å². The number of unbranched alkanes of at least 4 members (excludes halogenated alkanes) is 1. The van der Waals surface area contributed by atoms with Gasteiger partial charge in [0.1, 0.15) is 12.4 Å². The van der Waals surface area contributed by atoms with E-state index in [0.29, 0.717) is 23.1 Å². The summed E-state index contributed by atoms with van der Waals surface area (Å²) >= 11 is 6.06. The van der Waals surface area contributed by atoms with E-state index in [4.69, 9.17) is 21.1 Å². The first-order chi connectivity index (χ1) is 11.7. The molecule has 130 valence electrons. The Balaban J connectivity index is 2.11. The van der Waals surface area contributed by atoms with Crippen LogP contribution in [0.4, 0.5) is 4.39 Å². The number of ether oxygens (including phenoxy) is 2. The number of methoxy groups -OCH3 is 1. The quantitative estimate of drug-likeness (QED) is 0.648. The lowest BCUT2D eigenvalue weighted by molar-refractivity contribution is 0.280. The Labute approximate surface area is 147 Å². The summed E-state index contributed by atoms with van der Waals surface area (Å²) in [6.45, 7) is 4.07. The molecule has 0 saturated carbocycles. The zero-order chi connectivity index (χ0) is 17.4. The topological polar surface area (TPSA) is 30.5 Å². The summed E-state index contributed by atoms with van der Waals surface area (Å²) < 4.78 is 24.5. The van der Waals surface area contributed by atoms with Gasteiger partial charge in [0.2, 0.25) is 0 Å². The molecule has 3 nitrogen and oxygen atoms in total. The number of para-hydroxylation sites is 1. The molecule has 2 aromatic carbocycles. The minimum absolute atomic E-state index is 0.251. The van der Waals surface area contributed by atoms with Crippen LogP contribution in [-0.2, 0) is 13.2 Å². The summed E-state index contributed by atoms with van der Waals surface area (Å²) in [6, 6.07) is 10.1. The molecule has 0 radical (unpaired) electrons. The van der Waals surface area contributed by atoms with Gasteiger partial charge in [0.15, 0.2) is 11.5 Å². The molecule has 0 bridgehead atoms. The van der Waals surface area contributed by atoms with Crippen molar-refractivity contribution in [3.8, 4) is 11.5 Å². The number of hydrogen-bond acceptors (Lipinski definition) is 3. The van der Waals surface area contributed by atoms with E-state index in [1.807, 2.05) is 18.2 Å². The number of benzene rings is 2. The fourth-order valence-corrected chi connectivity index (χ4v) is 2.56. The van der Waals surface area contributed by atoms with Crippen molar-refractivity contribution >= 4 is 11.6 Å². The molecule has 0 amide bonds. The van der Waals surface area contributed by atoms with Gasteiger partial charge in [-0.3, -0.25) is 0 Å². The Hall–Kier alpha value is -1.78. The van der Waals surface area contributed by atoms with Gasteiger partial charge in [-0.05, 0) is 31.2 Å². The normalized spacial score (nSPS) is 10.7. The molecule has 0 saturated heterocycles. The number of rotatable bonds is 9. The van der Waals surface area contributed by atoms with E-state index >= 15 is 0 Å². The van der Waals surface area contributed by atoms with Gasteiger partial charge in [0, 0.05) is 17.7 Å². The molecule has 0 spiro atoms. The Morgan fingerprint density at radius 3 is 2.71 bits per heavy atom. The summed E-state index contributed by atoms with van der Waals surface area (Å²) in [4.78, 5) is 0. The van der Waals surface area contributed by atoms with Crippen LogP contribution in [-0.4, -0.2) is 13.7 Å². The van der Waals surface area contributed by atoms with Crippen LogP contribution in [0.5, 0.6) is 11.5 Å². The molecule has 0 aliphatic rings. The molecule has 1 N–H and O–H groups in total. The Morgan fingerprint density at radius 1 is 1.17 bits per heavy atom. The third kappa shape index (κ3) is 5.11. The highest BCUT2D eigenvalue weighted by Gasteiger charge is 2.12. The zero-order valence-corrected chi connectivity index (χ0v) is 14.8. The van der Waals surface area contributed by atoms with Crippen LogP contribution in [0.3, 0.4) is 0 Å². The highest BCUT2D eigenvalue weighted by Crippen LogP contribution is 2.32. The molecule has 0 aromatic heterocycles. The predicted octanol–water partition coefficient (Wildman–Crippen LogP) is 4.96. The molecule has 0 fully saturated rings. The molecule has 2 aromatic rings. The summed E-state index contributed by atoms with van der Waals surface area (Å²) in [7, 11) is 1.61. The van der Waals surface area contributed by atoms with E-state index in [1.54, 1.807) is 13.2 Å². The van der Waals surface area contributed by atoms with Crippen molar-refractivity contribution in [1.82, 2.24) is 5.32 Å². The minimum atomic E-state index is -0.359. The van der Waals surface area contributed by atoms with E-state index in [2.05, 4.69) is 12.2 Å². The summed E-state index contributed by atoms with van der Waals surface area (Å²) in [6.07, 6.45) is 2.28. The fourth-order valence-electron chi connectivity index (χ4n) is 2.34. The largest absolute Gasteiger partial charge is 0.493 e. The van der Waals surface area contributed by atoms with E-state index in [0.717, 1.165) is 30.5 Å². The van der Waals surface area contributed by atoms with Crippen LogP contribution < -0.4 is 14.8 Å². The fraction of sp³-hybridized carbons (Fsp3) is 0.368. The summed E-state index contributed by atoms with van der Waals surface area (Å²) in [5.74, 6) is 0.995. The third-order valence-electron chi connectivity index (χ3n) is 3.69. The lowest BCUT2D eigenvalue weighted by Crippen LogP contribution is -2.15. The van der Waals surface area contributed by atoms with Gasteiger partial charge in [-0.2, -0.15) is 0 Å². The van der Waals surface area contributed by atoms with E-state index in [-0.39, 0.29) is 12.4 Å². The molecular weight excluding hydrogens is 329 g/mol. The van der Waals surface area contributed by atoms with Crippen molar-refractivity contribution in [3.63, 3.8) is 0 Å². The van der Waals surface area contributed by atoms with Crippen LogP contribution in [0, 0.1) is 5.82 Å². The Bertz CT molecular complexity index is 664. The summed E-state index contributed by atoms with van der Waals surface area (Å²) in [5, 5.41) is 3.75. The van der Waals surface area contributed by atoms with Crippen LogP contribution in [0.15, 0.2) is 36.4 Å². The number of hydrogen-bond donors (Lipinski definition) is 1. The van der Waals surface area contributed by atoms with Crippen molar-refractivity contribution in [2.75, 3.05) is 13.7 Å². The Kier molecular flexibility index (Phi) is 7.35. The third-order valence-corrected chi connectivity index (χ3v) is 4.04. The van der Waals surface area contributed by atoms with Crippen LogP contribution in [0.1, 0.15) is 30.9 Å². The average molecular weight is 352 g/mol. The van der Waals surface area contributed by atoms with E-state index < -0.39 is 0 Å². The monoisotopic (exact) mass is 351 g/mol. The number of nitrogens with one attached hydrogen (secondary N) is 1. The standard InChI is InChI=1S/C19H23ClFNO2/c1-3-4-10-22-12-14-6-5-7-18(23-2)19(14)24-13-15-8-9-16(21)11-17(15)20/h5-9,11,22H,3-4,10,12-13H2,1-2H3. The Morgan fingerprint density at radius 2 is 2.00 bits per heavy atom. The van der Waals surface area contributed by atoms with Crippen molar-refractivity contribution in [1.29, 1.82) is 0 Å². The molecule has 0 unspecified atom stereocenters. The lowest BCUT2D eigenvalue weighted by Gasteiger charge is -2.16. The van der Waals surface area contributed by atoms with Crippen LogP contribution >= 0.6 is 11.6 Å². The maximum atomic E-state index is 13.1. The molecule has 24 heavy (non-hydrogen) atoms. The van der Waals surface area contributed by atoms with Gasteiger partial charge in [-0.15, -0.1) is 0 Å². The molecule has 0 aliphatic carbocycles. The molecule has 0 atom stereocenters. The van der Waals surface area contributed by atoms with Gasteiger partial charge in [-0.25, -0.2) is 4.39 Å². The smallest absolute Gasteiger partial charge is 0.166 e. The molecular formula is C19H23ClFNO2. The van der Waals surface area contributed by atoms with Gasteiger partial charge in [0.25, 0.3) is 0 Å². The highest BCUT2D eigenvalue weighted by atomic mass is 35.5. The van der Waals surface area contributed by atoms with Crippen LogP contribution in [0.25, 0.3) is 0 Å². The van der Waals surface area contributed by atoms with Gasteiger partial charge >= 0.3 is 0 Å². The minimum Gasteiger partial charge on any atom is -0.493 e. The maximum absolute atomic E-state index is 13.1. The van der Waals surface area contributed by atoms with Crippen molar-refractivity contribution in [3.05, 3.63) is 58.4 Å². The molecule has 0 aliphatic heterocycles. The average Bonchev–Trinajstić information content (AvgIpc) is 2.58. The van der Waals surface area contributed by atoms with Gasteiger partial charge in [0.05, 0.1) is 12.1 Å². The van der Waals surface area contributed by atoms with Crippen LogP contribution in [0.2, 0.25) is 5.02 Å². The highest BCUT2D eigenvalue weighted by molar-refractivity contribution is 6.31. The maximum Gasteiger partial charge on any atom is 0.166 e. The number of halogens is 2. The van der Waals surface area contributed by atoms with Gasteiger partial charge in [-0.1, -0.05) is 43.1 Å². The first-order valence-electron chi connectivity index (χ1n) is 8.09.